The maximum Gasteiger partial charge on any atom is 0.354 e. The first-order chi connectivity index (χ1) is 14.9. The minimum absolute atomic E-state index is 0.0442. The quantitative estimate of drug-likeness (QED) is 0.537. The highest BCUT2D eigenvalue weighted by atomic mass is 35.5. The zero-order chi connectivity index (χ0) is 22.1. The van der Waals surface area contributed by atoms with Crippen LogP contribution in [0.1, 0.15) is 41.2 Å². The van der Waals surface area contributed by atoms with Gasteiger partial charge in [-0.2, -0.15) is 0 Å². The number of carboxylic acids is 1. The molecule has 1 amide bonds. The van der Waals surface area contributed by atoms with Crippen molar-refractivity contribution in [1.29, 1.82) is 0 Å². The molecule has 0 bridgehead atoms. The van der Waals surface area contributed by atoms with Crippen molar-refractivity contribution in [3.05, 3.63) is 94.3 Å². The van der Waals surface area contributed by atoms with Gasteiger partial charge in [-0.3, -0.25) is 4.79 Å². The molecule has 0 unspecified atom stereocenters. The maximum absolute atomic E-state index is 13.7. The van der Waals surface area contributed by atoms with Crippen LogP contribution in [-0.4, -0.2) is 22.0 Å². The molecule has 0 atom stereocenters. The van der Waals surface area contributed by atoms with Crippen LogP contribution in [0.4, 0.5) is 5.69 Å². The van der Waals surface area contributed by atoms with Crippen molar-refractivity contribution in [2.75, 3.05) is 4.90 Å². The molecule has 0 saturated heterocycles. The monoisotopic (exact) mass is 432 g/mol. The zero-order valence-electron chi connectivity index (χ0n) is 17.2. The van der Waals surface area contributed by atoms with Crippen molar-refractivity contribution < 1.29 is 14.7 Å². The Morgan fingerprint density at radius 1 is 1.03 bits per heavy atom. The van der Waals surface area contributed by atoms with Gasteiger partial charge in [0, 0.05) is 10.6 Å². The third-order valence-electron chi connectivity index (χ3n) is 5.27. The van der Waals surface area contributed by atoms with Crippen LogP contribution in [0.5, 0.6) is 0 Å². The molecule has 2 heterocycles. The van der Waals surface area contributed by atoms with Crippen LogP contribution in [0.2, 0.25) is 5.02 Å². The first kappa shape index (κ1) is 20.8. The average Bonchev–Trinajstić information content (AvgIpc) is 3.02. The highest BCUT2D eigenvalue weighted by molar-refractivity contribution is 6.37. The molecule has 0 radical (unpaired) electrons. The van der Waals surface area contributed by atoms with Crippen LogP contribution in [0.25, 0.3) is 11.1 Å². The van der Waals surface area contributed by atoms with E-state index in [4.69, 9.17) is 11.6 Å². The van der Waals surface area contributed by atoms with Gasteiger partial charge in [-0.1, -0.05) is 61.8 Å². The van der Waals surface area contributed by atoms with Gasteiger partial charge in [-0.15, -0.1) is 0 Å². The predicted molar refractivity (Wildman–Crippen MR) is 122 cm³/mol. The summed E-state index contributed by atoms with van der Waals surface area (Å²) < 4.78 is 0. The molecule has 31 heavy (non-hydrogen) atoms. The van der Waals surface area contributed by atoms with Gasteiger partial charge in [0.2, 0.25) is 0 Å². The number of halogens is 1. The lowest BCUT2D eigenvalue weighted by Gasteiger charge is -2.18. The molecule has 4 rings (SSSR count). The summed E-state index contributed by atoms with van der Waals surface area (Å²) in [6, 6.07) is 20.0. The van der Waals surface area contributed by atoms with Crippen LogP contribution < -0.4 is 4.90 Å². The van der Waals surface area contributed by atoms with E-state index in [0.29, 0.717) is 16.3 Å². The zero-order valence-corrected chi connectivity index (χ0v) is 17.9. The number of hydrogen-bond donors (Lipinski definition) is 1. The van der Waals surface area contributed by atoms with E-state index in [9.17, 15) is 14.7 Å². The molecule has 1 aliphatic heterocycles. The number of nitrogens with zero attached hydrogens (tertiary/aromatic N) is 2. The van der Waals surface area contributed by atoms with E-state index >= 15 is 0 Å². The average molecular weight is 433 g/mol. The Balaban J connectivity index is 1.84. The number of para-hydroxylation sites is 1. The molecule has 0 saturated carbocycles. The number of hydrogen-bond acceptors (Lipinski definition) is 3. The topological polar surface area (TPSA) is 70.5 Å². The van der Waals surface area contributed by atoms with Crippen molar-refractivity contribution in [2.24, 2.45) is 5.92 Å². The van der Waals surface area contributed by atoms with Crippen molar-refractivity contribution in [3.8, 4) is 0 Å². The minimum Gasteiger partial charge on any atom is -0.477 e. The lowest BCUT2D eigenvalue weighted by molar-refractivity contribution is -0.113. The second-order valence-corrected chi connectivity index (χ2v) is 8.11. The Hall–Kier alpha value is -3.44. The summed E-state index contributed by atoms with van der Waals surface area (Å²) in [5.74, 6) is -1.12. The van der Waals surface area contributed by atoms with E-state index in [1.165, 1.54) is 6.07 Å². The molecule has 1 N–H and O–H groups in total. The normalized spacial score (nSPS) is 14.7. The van der Waals surface area contributed by atoms with Gasteiger partial charge < -0.3 is 10.0 Å². The second-order valence-electron chi connectivity index (χ2n) is 7.68. The third-order valence-corrected chi connectivity index (χ3v) is 5.52. The van der Waals surface area contributed by atoms with Crippen LogP contribution in [0.15, 0.2) is 66.7 Å². The van der Waals surface area contributed by atoms with Crippen molar-refractivity contribution in [1.82, 2.24) is 4.98 Å². The Bertz CT molecular complexity index is 1200. The number of carbonyl (C=O) groups is 2. The van der Waals surface area contributed by atoms with Gasteiger partial charge in [0.1, 0.15) is 5.69 Å². The van der Waals surface area contributed by atoms with Gasteiger partial charge in [0.15, 0.2) is 0 Å². The number of pyridine rings is 1. The number of carbonyl (C=O) groups excluding carboxylic acids is 1. The molecule has 2 aromatic carbocycles. The lowest BCUT2D eigenvalue weighted by Crippen LogP contribution is -2.27. The Kier molecular flexibility index (Phi) is 5.61. The Morgan fingerprint density at radius 3 is 2.42 bits per heavy atom. The molecular weight excluding hydrogens is 412 g/mol. The van der Waals surface area contributed by atoms with Crippen LogP contribution in [0.3, 0.4) is 0 Å². The van der Waals surface area contributed by atoms with E-state index < -0.39 is 5.97 Å². The highest BCUT2D eigenvalue weighted by Crippen LogP contribution is 2.43. The largest absolute Gasteiger partial charge is 0.477 e. The number of fused-ring (bicyclic) bond motifs is 1. The molecule has 3 aromatic rings. The number of aromatic carboxylic acids is 1. The fourth-order valence-corrected chi connectivity index (χ4v) is 4.07. The van der Waals surface area contributed by atoms with Crippen molar-refractivity contribution >= 4 is 40.3 Å². The SMILES string of the molecule is CC(C)/C(=C1\C(=O)N(Cc2cccc(C(=O)O)n2)c2ccccc21)c1ccc(Cl)cc1. The van der Waals surface area contributed by atoms with Gasteiger partial charge in [-0.25, -0.2) is 9.78 Å². The summed E-state index contributed by atoms with van der Waals surface area (Å²) in [5.41, 5.74) is 4.67. The smallest absolute Gasteiger partial charge is 0.354 e. The van der Waals surface area contributed by atoms with Crippen LogP contribution >= 0.6 is 11.6 Å². The Morgan fingerprint density at radius 2 is 1.74 bits per heavy atom. The molecule has 0 aliphatic carbocycles. The lowest BCUT2D eigenvalue weighted by atomic mass is 9.88. The van der Waals surface area contributed by atoms with E-state index in [2.05, 4.69) is 18.8 Å². The van der Waals surface area contributed by atoms with Crippen LogP contribution in [0, 0.1) is 5.92 Å². The van der Waals surface area contributed by atoms with Gasteiger partial charge >= 0.3 is 5.97 Å². The van der Waals surface area contributed by atoms with Crippen LogP contribution in [-0.2, 0) is 11.3 Å². The van der Waals surface area contributed by atoms with Crippen molar-refractivity contribution in [2.45, 2.75) is 20.4 Å². The minimum atomic E-state index is -1.10. The van der Waals surface area contributed by atoms with Gasteiger partial charge in [-0.05, 0) is 47.4 Å². The highest BCUT2D eigenvalue weighted by Gasteiger charge is 2.35. The molecule has 0 spiro atoms. The molecular formula is C25H21ClN2O3. The molecule has 156 valence electrons. The fourth-order valence-electron chi connectivity index (χ4n) is 3.94. The van der Waals surface area contributed by atoms with E-state index in [1.54, 1.807) is 17.0 Å². The van der Waals surface area contributed by atoms with E-state index in [0.717, 1.165) is 22.4 Å². The van der Waals surface area contributed by atoms with E-state index in [1.807, 2.05) is 48.5 Å². The summed E-state index contributed by atoms with van der Waals surface area (Å²) in [5, 5.41) is 9.88. The summed E-state index contributed by atoms with van der Waals surface area (Å²) in [4.78, 5) is 30.8. The van der Waals surface area contributed by atoms with Crippen molar-refractivity contribution in [3.63, 3.8) is 0 Å². The number of rotatable bonds is 5. The van der Waals surface area contributed by atoms with E-state index in [-0.39, 0.29) is 24.1 Å². The number of benzene rings is 2. The van der Waals surface area contributed by atoms with Gasteiger partial charge in [0.05, 0.1) is 23.5 Å². The fraction of sp³-hybridized carbons (Fsp3) is 0.160. The summed E-state index contributed by atoms with van der Waals surface area (Å²) >= 11 is 6.07. The third kappa shape index (κ3) is 3.97. The summed E-state index contributed by atoms with van der Waals surface area (Å²) in [7, 11) is 0. The number of allylic oxidation sites excluding steroid dienone is 1. The summed E-state index contributed by atoms with van der Waals surface area (Å²) in [6.45, 7) is 4.31. The standard InChI is InChI=1S/C25H21ClN2O3/c1-15(2)22(16-10-12-17(26)13-11-16)23-19-7-3-4-9-21(19)28(24(23)29)14-18-6-5-8-20(27-18)25(30)31/h3-13,15H,14H2,1-2H3,(H,30,31)/b23-22+. The number of anilines is 1. The first-order valence-electron chi connectivity index (χ1n) is 9.97. The summed E-state index contributed by atoms with van der Waals surface area (Å²) in [6.07, 6.45) is 0. The predicted octanol–water partition coefficient (Wildman–Crippen LogP) is 5.55. The van der Waals surface area contributed by atoms with Gasteiger partial charge in [0.25, 0.3) is 5.91 Å². The number of carboxylic acid groups (broad SMARTS) is 1. The first-order valence-corrected chi connectivity index (χ1v) is 10.3. The number of amides is 1. The number of aromatic nitrogens is 1. The second kappa shape index (κ2) is 8.36. The molecule has 0 fully saturated rings. The molecule has 5 nitrogen and oxygen atoms in total. The maximum atomic E-state index is 13.7. The Labute approximate surface area is 185 Å². The molecule has 1 aromatic heterocycles. The molecule has 6 heteroatoms. The molecule has 1 aliphatic rings.